The van der Waals surface area contributed by atoms with Gasteiger partial charge in [-0.3, -0.25) is 14.2 Å². The maximum absolute atomic E-state index is 13.8. The summed E-state index contributed by atoms with van der Waals surface area (Å²) >= 11 is 1.36. The number of hydrogen-bond donors (Lipinski definition) is 1. The van der Waals surface area contributed by atoms with E-state index < -0.39 is 36.0 Å². The molecule has 0 saturated carbocycles. The van der Waals surface area contributed by atoms with E-state index in [1.165, 1.54) is 17.4 Å². The number of nitrogens with zero attached hydrogens (tertiary/aromatic N) is 1. The molecule has 0 aliphatic heterocycles. The molecule has 287 valence electrons. The van der Waals surface area contributed by atoms with Crippen LogP contribution >= 0.6 is 18.5 Å². The van der Waals surface area contributed by atoms with Gasteiger partial charge in [0.25, 0.3) is 11.3 Å². The number of alkyl halides is 3. The SMILES string of the molecule is O=C(c1c(O)c2ccc3c4ccccc4sc3c2n(-c2ccccc2-c2ccccc2)c1=O)C(F)(F)F.O=P(c1ccccc1)(c1ccccc1)c1ccccc1.[Eu]. The fraction of sp³-hybridized carbons (Fsp3) is 0.0213. The molecule has 0 bridgehead atoms. The van der Waals surface area contributed by atoms with Crippen LogP contribution in [0.3, 0.4) is 0 Å². The molecule has 2 heterocycles. The van der Waals surface area contributed by atoms with Crippen molar-refractivity contribution in [2.45, 2.75) is 6.18 Å². The third-order valence-electron chi connectivity index (χ3n) is 9.73. The van der Waals surface area contributed by atoms with E-state index in [-0.39, 0.29) is 60.3 Å². The van der Waals surface area contributed by atoms with Crippen molar-refractivity contribution >= 4 is 71.3 Å². The fourth-order valence-electron chi connectivity index (χ4n) is 7.10. The number of halogens is 3. The van der Waals surface area contributed by atoms with E-state index in [1.807, 2.05) is 146 Å². The zero-order chi connectivity index (χ0) is 39.7. The predicted octanol–water partition coefficient (Wildman–Crippen LogP) is 10.8. The summed E-state index contributed by atoms with van der Waals surface area (Å²) in [5.41, 5.74) is -0.684. The second kappa shape index (κ2) is 17.1. The van der Waals surface area contributed by atoms with Crippen molar-refractivity contribution in [2.24, 2.45) is 0 Å². The van der Waals surface area contributed by atoms with Crippen molar-refractivity contribution < 1.29 is 77.0 Å². The van der Waals surface area contributed by atoms with Crippen LogP contribution in [0.25, 0.3) is 47.9 Å². The maximum atomic E-state index is 13.8. The topological polar surface area (TPSA) is 76.4 Å². The first-order chi connectivity index (χ1) is 27.6. The van der Waals surface area contributed by atoms with Gasteiger partial charge in [0, 0.05) is 91.7 Å². The van der Waals surface area contributed by atoms with E-state index in [4.69, 9.17) is 0 Å². The molecule has 1 radical (unpaired) electrons. The predicted molar refractivity (Wildman–Crippen MR) is 226 cm³/mol. The van der Waals surface area contributed by atoms with Crippen molar-refractivity contribution in [3.05, 3.63) is 198 Å². The van der Waals surface area contributed by atoms with Gasteiger partial charge in [-0.25, -0.2) is 0 Å². The third-order valence-corrected chi connectivity index (χ3v) is 14.0. The smallest absolute Gasteiger partial charge is 0.455 e. The Morgan fingerprint density at radius 1 is 0.586 bits per heavy atom. The van der Waals surface area contributed by atoms with Gasteiger partial charge in [0.15, 0.2) is 7.14 Å². The molecule has 9 rings (SSSR count). The Morgan fingerprint density at radius 2 is 1.05 bits per heavy atom. The number of hydrogen-bond acceptors (Lipinski definition) is 5. The number of para-hydroxylation sites is 1. The van der Waals surface area contributed by atoms with Gasteiger partial charge in [0.05, 0.1) is 15.9 Å². The van der Waals surface area contributed by atoms with E-state index in [1.54, 1.807) is 30.3 Å². The summed E-state index contributed by atoms with van der Waals surface area (Å²) < 4.78 is 57.2. The summed E-state index contributed by atoms with van der Waals surface area (Å²) in [4.78, 5) is 26.2. The average molecular weight is 946 g/mol. The van der Waals surface area contributed by atoms with Crippen LogP contribution in [0, 0.1) is 49.4 Å². The van der Waals surface area contributed by atoms with Gasteiger partial charge in [-0.05, 0) is 23.8 Å². The Bertz CT molecular complexity index is 2930. The molecular weight excluding hydrogens is 915 g/mol. The first-order valence-corrected chi connectivity index (χ1v) is 20.4. The number of benzene rings is 7. The minimum atomic E-state index is -5.34. The molecule has 0 aliphatic rings. The van der Waals surface area contributed by atoms with Gasteiger partial charge in [0.1, 0.15) is 11.3 Å². The van der Waals surface area contributed by atoms with Gasteiger partial charge in [-0.1, -0.05) is 164 Å². The molecule has 0 atom stereocenters. The Balaban J connectivity index is 0.000000206. The number of aromatic nitrogens is 1. The molecular formula is C47H31EuF3NO4PS. The Kier molecular flexibility index (Phi) is 12.2. The minimum absolute atomic E-state index is 0. The molecule has 11 heteroatoms. The number of thiophene rings is 1. The maximum Gasteiger partial charge on any atom is 0.455 e. The molecule has 0 amide bonds. The second-order valence-corrected chi connectivity index (χ2v) is 16.9. The van der Waals surface area contributed by atoms with Crippen molar-refractivity contribution in [1.29, 1.82) is 0 Å². The molecule has 58 heavy (non-hydrogen) atoms. The molecule has 1 N–H and O–H groups in total. The molecule has 2 aromatic heterocycles. The molecule has 7 aromatic carbocycles. The standard InChI is InChI=1S/C29H16F3NO3S.C18H15OP.Eu/c30-29(31,32)27(35)23-25(34)20-15-14-19-18-11-5-7-13-22(18)37-26(19)24(20)33(28(23)36)21-12-6-4-10-17(21)16-8-2-1-3-9-16;19-20(16-10-4-1-5-11-16,17-12-6-2-7-13-17)18-14-8-3-9-15-18;/h1-15,34H;1-15H;. The van der Waals surface area contributed by atoms with Crippen LogP contribution in [-0.2, 0) is 4.57 Å². The van der Waals surface area contributed by atoms with Gasteiger partial charge < -0.3 is 9.67 Å². The normalized spacial score (nSPS) is 11.5. The summed E-state index contributed by atoms with van der Waals surface area (Å²) in [6.45, 7) is 0. The zero-order valence-electron chi connectivity index (χ0n) is 30.3. The van der Waals surface area contributed by atoms with Crippen molar-refractivity contribution in [3.8, 4) is 22.6 Å². The van der Waals surface area contributed by atoms with E-state index in [9.17, 15) is 32.4 Å². The number of carbonyl (C=O) groups excluding carboxylic acids is 1. The van der Waals surface area contributed by atoms with Crippen molar-refractivity contribution in [1.82, 2.24) is 4.57 Å². The van der Waals surface area contributed by atoms with Gasteiger partial charge >= 0.3 is 6.18 Å². The van der Waals surface area contributed by atoms with Crippen LogP contribution in [-0.4, -0.2) is 21.6 Å². The van der Waals surface area contributed by atoms with Gasteiger partial charge in [-0.2, -0.15) is 13.2 Å². The van der Waals surface area contributed by atoms with Crippen LogP contribution in [0.15, 0.2) is 187 Å². The van der Waals surface area contributed by atoms with Crippen LogP contribution in [0.5, 0.6) is 5.75 Å². The van der Waals surface area contributed by atoms with Crippen LogP contribution in [0.2, 0.25) is 0 Å². The number of fused-ring (bicyclic) bond motifs is 5. The number of ketones is 1. The second-order valence-electron chi connectivity index (χ2n) is 13.1. The van der Waals surface area contributed by atoms with E-state index >= 15 is 0 Å². The van der Waals surface area contributed by atoms with E-state index in [0.717, 1.165) is 41.5 Å². The quantitative estimate of drug-likeness (QED) is 0.133. The molecule has 0 fully saturated rings. The van der Waals surface area contributed by atoms with E-state index in [0.29, 0.717) is 16.0 Å². The largest absolute Gasteiger partial charge is 0.506 e. The average Bonchev–Trinajstić information content (AvgIpc) is 3.64. The molecule has 5 nitrogen and oxygen atoms in total. The van der Waals surface area contributed by atoms with Gasteiger partial charge in [0.2, 0.25) is 0 Å². The van der Waals surface area contributed by atoms with Crippen LogP contribution < -0.4 is 21.5 Å². The molecule has 0 unspecified atom stereocenters. The number of rotatable bonds is 6. The third kappa shape index (κ3) is 7.56. The first kappa shape index (κ1) is 41.2. The Hall–Kier alpha value is -4.96. The molecule has 0 saturated heterocycles. The number of carbonyl (C=O) groups is 1. The van der Waals surface area contributed by atoms with Crippen LogP contribution in [0.1, 0.15) is 10.4 Å². The Morgan fingerprint density at radius 3 is 1.60 bits per heavy atom. The summed E-state index contributed by atoms with van der Waals surface area (Å²) in [7, 11) is -2.78. The van der Waals surface area contributed by atoms with E-state index in [2.05, 4.69) is 0 Å². The minimum Gasteiger partial charge on any atom is -0.506 e. The molecule has 0 spiro atoms. The summed E-state index contributed by atoms with van der Waals surface area (Å²) in [6.07, 6.45) is -5.34. The summed E-state index contributed by atoms with van der Waals surface area (Å²) in [5, 5.41) is 15.2. The molecule has 9 aromatic rings. The Labute approximate surface area is 376 Å². The summed E-state index contributed by atoms with van der Waals surface area (Å²) in [6, 6.07) is 55.8. The van der Waals surface area contributed by atoms with Crippen LogP contribution in [0.4, 0.5) is 13.2 Å². The number of Topliss-reactive ketones (excluding diaryl/α,β-unsaturated/α-hetero) is 1. The zero-order valence-corrected chi connectivity index (χ0v) is 34.4. The summed E-state index contributed by atoms with van der Waals surface area (Å²) in [5.74, 6) is -3.37. The van der Waals surface area contributed by atoms with Gasteiger partial charge in [-0.15, -0.1) is 11.3 Å². The first-order valence-electron chi connectivity index (χ1n) is 17.8. The fourth-order valence-corrected chi connectivity index (χ4v) is 11.0. The number of aromatic hydroxyl groups is 1. The van der Waals surface area contributed by atoms with Crippen molar-refractivity contribution in [3.63, 3.8) is 0 Å². The van der Waals surface area contributed by atoms with Crippen molar-refractivity contribution in [2.75, 3.05) is 0 Å². The molecule has 0 aliphatic carbocycles. The monoisotopic (exact) mass is 946 g/mol. The number of pyridine rings is 1.